The highest BCUT2D eigenvalue weighted by Gasteiger charge is 2.13. The number of hydrogen-bond donors (Lipinski definition) is 3. The van der Waals surface area contributed by atoms with Crippen molar-refractivity contribution in [1.82, 2.24) is 10.6 Å². The molecule has 1 aromatic rings. The Labute approximate surface area is 120 Å². The molecule has 0 fully saturated rings. The average molecular weight is 280 g/mol. The second-order valence-electron chi connectivity index (χ2n) is 4.98. The van der Waals surface area contributed by atoms with Gasteiger partial charge in [0.2, 0.25) is 5.91 Å². The average Bonchev–Trinajstić information content (AvgIpc) is 2.44. The lowest BCUT2D eigenvalue weighted by Crippen LogP contribution is -2.44. The molecule has 112 valence electrons. The molecule has 1 amide bonds. The molecular weight excluding hydrogens is 256 g/mol. The largest absolute Gasteiger partial charge is 0.491 e. The zero-order chi connectivity index (χ0) is 15.1. The summed E-state index contributed by atoms with van der Waals surface area (Å²) in [6, 6.07) is 5.62. The fraction of sp³-hybridized carbons (Fsp3) is 0.533. The van der Waals surface area contributed by atoms with E-state index in [0.717, 1.165) is 16.9 Å². The monoisotopic (exact) mass is 280 g/mol. The van der Waals surface area contributed by atoms with Crippen molar-refractivity contribution in [2.45, 2.75) is 32.9 Å². The van der Waals surface area contributed by atoms with E-state index < -0.39 is 6.10 Å². The topological polar surface area (TPSA) is 70.6 Å². The molecule has 5 nitrogen and oxygen atoms in total. The summed E-state index contributed by atoms with van der Waals surface area (Å²) in [6.07, 6.45) is -0.665. The van der Waals surface area contributed by atoms with Gasteiger partial charge in [0.15, 0.2) is 0 Å². The van der Waals surface area contributed by atoms with Gasteiger partial charge in [-0.15, -0.1) is 0 Å². The molecule has 2 atom stereocenters. The quantitative estimate of drug-likeness (QED) is 0.690. The van der Waals surface area contributed by atoms with Gasteiger partial charge in [-0.1, -0.05) is 12.1 Å². The molecule has 0 radical (unpaired) electrons. The van der Waals surface area contributed by atoms with Gasteiger partial charge in [-0.2, -0.15) is 0 Å². The van der Waals surface area contributed by atoms with Gasteiger partial charge >= 0.3 is 0 Å². The first-order chi connectivity index (χ1) is 9.43. The highest BCUT2D eigenvalue weighted by atomic mass is 16.5. The van der Waals surface area contributed by atoms with Crippen molar-refractivity contribution in [3.63, 3.8) is 0 Å². The van der Waals surface area contributed by atoms with Crippen LogP contribution in [0.2, 0.25) is 0 Å². The molecule has 5 heteroatoms. The maximum Gasteiger partial charge on any atom is 0.236 e. The number of rotatable bonds is 7. The highest BCUT2D eigenvalue weighted by Crippen LogP contribution is 2.19. The molecule has 0 saturated carbocycles. The minimum absolute atomic E-state index is 0.104. The third-order valence-electron chi connectivity index (χ3n) is 3.07. The first-order valence-corrected chi connectivity index (χ1v) is 6.77. The fourth-order valence-corrected chi connectivity index (χ4v) is 1.73. The lowest BCUT2D eigenvalue weighted by Gasteiger charge is -2.17. The maximum absolute atomic E-state index is 11.3. The Bertz CT molecular complexity index is 449. The third kappa shape index (κ3) is 5.19. The Morgan fingerprint density at radius 2 is 2.10 bits per heavy atom. The van der Waals surface area contributed by atoms with Crippen LogP contribution in [-0.4, -0.2) is 43.4 Å². The normalized spacial score (nSPS) is 13.7. The van der Waals surface area contributed by atoms with Gasteiger partial charge in [0, 0.05) is 13.6 Å². The van der Waals surface area contributed by atoms with Crippen LogP contribution in [0.15, 0.2) is 18.2 Å². The zero-order valence-electron chi connectivity index (χ0n) is 12.6. The molecular formula is C15H24N2O3. The van der Waals surface area contributed by atoms with Crippen molar-refractivity contribution in [1.29, 1.82) is 0 Å². The number of hydrogen-bond acceptors (Lipinski definition) is 4. The summed E-state index contributed by atoms with van der Waals surface area (Å²) < 4.78 is 5.61. The summed E-state index contributed by atoms with van der Waals surface area (Å²) in [5.41, 5.74) is 2.15. The van der Waals surface area contributed by atoms with Crippen LogP contribution in [-0.2, 0) is 4.79 Å². The van der Waals surface area contributed by atoms with Gasteiger partial charge in [-0.25, -0.2) is 0 Å². The molecule has 0 heterocycles. The van der Waals surface area contributed by atoms with E-state index >= 15 is 0 Å². The zero-order valence-corrected chi connectivity index (χ0v) is 12.6. The van der Waals surface area contributed by atoms with Crippen LogP contribution < -0.4 is 15.4 Å². The van der Waals surface area contributed by atoms with E-state index in [1.807, 2.05) is 32.0 Å². The number of amides is 1. The van der Waals surface area contributed by atoms with E-state index in [9.17, 15) is 9.90 Å². The molecule has 2 unspecified atom stereocenters. The predicted octanol–water partition coefficient (Wildman–Crippen LogP) is 0.767. The molecule has 1 rings (SSSR count). The van der Waals surface area contributed by atoms with E-state index in [0.29, 0.717) is 6.54 Å². The van der Waals surface area contributed by atoms with E-state index in [4.69, 9.17) is 4.74 Å². The van der Waals surface area contributed by atoms with Crippen LogP contribution >= 0.6 is 0 Å². The van der Waals surface area contributed by atoms with Gasteiger partial charge in [0.1, 0.15) is 18.5 Å². The molecule has 0 aromatic heterocycles. The summed E-state index contributed by atoms with van der Waals surface area (Å²) in [6.45, 7) is 6.21. The number of aryl methyl sites for hydroxylation is 2. The lowest BCUT2D eigenvalue weighted by molar-refractivity contribution is -0.122. The Balaban J connectivity index is 2.38. The van der Waals surface area contributed by atoms with Crippen LogP contribution in [0.5, 0.6) is 5.75 Å². The SMILES string of the molecule is CNC(=O)C(C)NCC(O)COc1cc(C)ccc1C. The highest BCUT2D eigenvalue weighted by molar-refractivity contribution is 5.80. The molecule has 20 heavy (non-hydrogen) atoms. The Kier molecular flexibility index (Phi) is 6.48. The summed E-state index contributed by atoms with van der Waals surface area (Å²) in [4.78, 5) is 11.3. The summed E-state index contributed by atoms with van der Waals surface area (Å²) in [5, 5.41) is 15.4. The van der Waals surface area contributed by atoms with Crippen LogP contribution in [0.3, 0.4) is 0 Å². The van der Waals surface area contributed by atoms with Gasteiger partial charge in [-0.05, 0) is 38.0 Å². The Morgan fingerprint density at radius 3 is 2.75 bits per heavy atom. The van der Waals surface area contributed by atoms with Crippen LogP contribution in [0.1, 0.15) is 18.1 Å². The second-order valence-corrected chi connectivity index (χ2v) is 4.98. The van der Waals surface area contributed by atoms with Crippen molar-refractivity contribution in [2.24, 2.45) is 0 Å². The predicted molar refractivity (Wildman–Crippen MR) is 78.9 cm³/mol. The second kappa shape index (κ2) is 7.87. The number of ether oxygens (including phenoxy) is 1. The van der Waals surface area contributed by atoms with E-state index in [1.165, 1.54) is 0 Å². The Morgan fingerprint density at radius 1 is 1.40 bits per heavy atom. The minimum Gasteiger partial charge on any atom is -0.491 e. The van der Waals surface area contributed by atoms with Crippen LogP contribution in [0, 0.1) is 13.8 Å². The van der Waals surface area contributed by atoms with Crippen LogP contribution in [0.25, 0.3) is 0 Å². The van der Waals surface area contributed by atoms with Gasteiger partial charge < -0.3 is 20.5 Å². The van der Waals surface area contributed by atoms with E-state index in [2.05, 4.69) is 10.6 Å². The summed E-state index contributed by atoms with van der Waals surface area (Å²) >= 11 is 0. The smallest absolute Gasteiger partial charge is 0.236 e. The van der Waals surface area contributed by atoms with Gasteiger partial charge in [0.05, 0.1) is 6.04 Å². The number of aliphatic hydroxyl groups is 1. The number of nitrogens with one attached hydrogen (secondary N) is 2. The van der Waals surface area contributed by atoms with Crippen molar-refractivity contribution in [2.75, 3.05) is 20.2 Å². The summed E-state index contributed by atoms with van der Waals surface area (Å²) in [5.74, 6) is 0.677. The number of aliphatic hydroxyl groups excluding tert-OH is 1. The number of carbonyl (C=O) groups is 1. The number of likely N-dealkylation sites (N-methyl/N-ethyl adjacent to an activating group) is 1. The molecule has 1 aromatic carbocycles. The molecule has 3 N–H and O–H groups in total. The summed E-state index contributed by atoms with van der Waals surface area (Å²) in [7, 11) is 1.58. The van der Waals surface area contributed by atoms with Gasteiger partial charge in [-0.3, -0.25) is 4.79 Å². The van der Waals surface area contributed by atoms with Crippen molar-refractivity contribution >= 4 is 5.91 Å². The van der Waals surface area contributed by atoms with Crippen molar-refractivity contribution < 1.29 is 14.6 Å². The van der Waals surface area contributed by atoms with Crippen LogP contribution in [0.4, 0.5) is 0 Å². The van der Waals surface area contributed by atoms with Crippen molar-refractivity contribution in [3.8, 4) is 5.75 Å². The lowest BCUT2D eigenvalue weighted by atomic mass is 10.1. The first-order valence-electron chi connectivity index (χ1n) is 6.77. The van der Waals surface area contributed by atoms with E-state index in [-0.39, 0.29) is 18.6 Å². The number of benzene rings is 1. The maximum atomic E-state index is 11.3. The van der Waals surface area contributed by atoms with Gasteiger partial charge in [0.25, 0.3) is 0 Å². The molecule has 0 spiro atoms. The third-order valence-corrected chi connectivity index (χ3v) is 3.07. The van der Waals surface area contributed by atoms with E-state index in [1.54, 1.807) is 14.0 Å². The van der Waals surface area contributed by atoms with Crippen molar-refractivity contribution in [3.05, 3.63) is 29.3 Å². The first kappa shape index (κ1) is 16.5. The number of carbonyl (C=O) groups excluding carboxylic acids is 1. The molecule has 0 aliphatic carbocycles. The Hall–Kier alpha value is -1.59. The minimum atomic E-state index is -0.665. The fourth-order valence-electron chi connectivity index (χ4n) is 1.73. The molecule has 0 saturated heterocycles. The molecule has 0 aliphatic heterocycles. The standard InChI is InChI=1S/C15H24N2O3/c1-10-5-6-11(2)14(7-10)20-9-13(18)8-17-12(3)15(19)16-4/h5-7,12-13,17-18H,8-9H2,1-4H3,(H,16,19). The molecule has 0 bridgehead atoms. The molecule has 0 aliphatic rings.